The van der Waals surface area contributed by atoms with Crippen molar-refractivity contribution in [2.75, 3.05) is 0 Å². The molecule has 0 amide bonds. The molecule has 1 heterocycles. The van der Waals surface area contributed by atoms with Gasteiger partial charge in [-0.15, -0.1) is 0 Å². The number of hydrogen-bond donors (Lipinski definition) is 1. The van der Waals surface area contributed by atoms with Gasteiger partial charge in [0.1, 0.15) is 6.23 Å². The Kier molecular flexibility index (Phi) is 2.10. The zero-order chi connectivity index (χ0) is 12.2. The fourth-order valence-corrected chi connectivity index (χ4v) is 3.77. The minimum absolute atomic E-state index is 0.166. The maximum atomic E-state index is 10.6. The first-order chi connectivity index (χ1) is 8.78. The zero-order valence-electron chi connectivity index (χ0n) is 10.4. The molecule has 0 spiro atoms. The van der Waals surface area contributed by atoms with Crippen molar-refractivity contribution in [1.29, 1.82) is 0 Å². The van der Waals surface area contributed by atoms with Crippen LogP contribution in [0.3, 0.4) is 0 Å². The molecule has 0 aromatic heterocycles. The normalized spacial score (nSPS) is 38.2. The van der Waals surface area contributed by atoms with Gasteiger partial charge in [0.25, 0.3) is 0 Å². The third kappa shape index (κ3) is 1.31. The minimum atomic E-state index is -0.397. The van der Waals surface area contributed by atoms with E-state index in [1.165, 1.54) is 24.8 Å². The summed E-state index contributed by atoms with van der Waals surface area (Å²) in [5, 5.41) is 17.0. The molecule has 3 fully saturated rings. The molecule has 2 unspecified atom stereocenters. The van der Waals surface area contributed by atoms with E-state index in [0.717, 1.165) is 12.3 Å². The van der Waals surface area contributed by atoms with Crippen molar-refractivity contribution in [2.45, 2.75) is 38.0 Å². The number of benzene rings is 1. The fraction of sp³-hybridized carbons (Fsp3) is 0.533. The van der Waals surface area contributed by atoms with Crippen LogP contribution in [0.2, 0.25) is 0 Å². The Hall–Kier alpha value is -1.35. The lowest BCUT2D eigenvalue weighted by molar-refractivity contribution is -0.237. The summed E-state index contributed by atoms with van der Waals surface area (Å²) in [7, 11) is 0. The summed E-state index contributed by atoms with van der Waals surface area (Å²) in [6.45, 7) is 0. The SMILES string of the molecule is OC(N1N=CCC1c1ccccc1)C12CC(C1)C2. The third-order valence-corrected chi connectivity index (χ3v) is 4.93. The molecule has 3 saturated carbocycles. The summed E-state index contributed by atoms with van der Waals surface area (Å²) in [5.74, 6) is 0.890. The molecule has 2 atom stereocenters. The Morgan fingerprint density at radius 2 is 1.94 bits per heavy atom. The maximum absolute atomic E-state index is 10.6. The fourth-order valence-electron chi connectivity index (χ4n) is 3.77. The van der Waals surface area contributed by atoms with Gasteiger partial charge in [0.15, 0.2) is 0 Å². The molecular weight excluding hydrogens is 224 g/mol. The Morgan fingerprint density at radius 1 is 1.22 bits per heavy atom. The molecule has 5 rings (SSSR count). The van der Waals surface area contributed by atoms with E-state index in [-0.39, 0.29) is 11.5 Å². The van der Waals surface area contributed by atoms with Crippen molar-refractivity contribution >= 4 is 6.21 Å². The topological polar surface area (TPSA) is 35.8 Å². The highest BCUT2D eigenvalue weighted by atomic mass is 16.3. The summed E-state index contributed by atoms with van der Waals surface area (Å²) in [6, 6.07) is 10.6. The molecule has 1 N–H and O–H groups in total. The lowest BCUT2D eigenvalue weighted by Gasteiger charge is -2.64. The molecule has 4 aliphatic rings. The summed E-state index contributed by atoms with van der Waals surface area (Å²) in [6.07, 6.45) is 6.03. The molecule has 94 valence electrons. The summed E-state index contributed by atoms with van der Waals surface area (Å²) >= 11 is 0. The molecule has 18 heavy (non-hydrogen) atoms. The summed E-state index contributed by atoms with van der Waals surface area (Å²) in [5.41, 5.74) is 1.42. The van der Waals surface area contributed by atoms with Gasteiger partial charge in [0, 0.05) is 18.1 Å². The lowest BCUT2D eigenvalue weighted by Crippen LogP contribution is -2.62. The average molecular weight is 242 g/mol. The van der Waals surface area contributed by atoms with Gasteiger partial charge in [0.05, 0.1) is 6.04 Å². The van der Waals surface area contributed by atoms with Crippen LogP contribution in [0.25, 0.3) is 0 Å². The van der Waals surface area contributed by atoms with Gasteiger partial charge >= 0.3 is 0 Å². The van der Waals surface area contributed by atoms with Crippen LogP contribution in [0, 0.1) is 11.3 Å². The monoisotopic (exact) mass is 242 g/mol. The Bertz CT molecular complexity index is 468. The van der Waals surface area contributed by atoms with Crippen LogP contribution in [0.4, 0.5) is 0 Å². The van der Waals surface area contributed by atoms with Gasteiger partial charge in [-0.2, -0.15) is 5.10 Å². The van der Waals surface area contributed by atoms with Crippen LogP contribution < -0.4 is 0 Å². The van der Waals surface area contributed by atoms with E-state index in [4.69, 9.17) is 0 Å². The molecule has 2 bridgehead atoms. The predicted molar refractivity (Wildman–Crippen MR) is 69.9 cm³/mol. The number of hydrazone groups is 1. The van der Waals surface area contributed by atoms with Gasteiger partial charge in [-0.1, -0.05) is 30.3 Å². The second-order valence-corrected chi connectivity index (χ2v) is 6.05. The van der Waals surface area contributed by atoms with Gasteiger partial charge in [0.2, 0.25) is 0 Å². The van der Waals surface area contributed by atoms with E-state index in [0.29, 0.717) is 0 Å². The molecule has 1 aromatic rings. The van der Waals surface area contributed by atoms with Crippen LogP contribution in [-0.2, 0) is 0 Å². The maximum Gasteiger partial charge on any atom is 0.148 e. The van der Waals surface area contributed by atoms with Crippen LogP contribution >= 0.6 is 0 Å². The van der Waals surface area contributed by atoms with Crippen molar-refractivity contribution in [3.8, 4) is 0 Å². The van der Waals surface area contributed by atoms with Crippen molar-refractivity contribution in [3.05, 3.63) is 35.9 Å². The van der Waals surface area contributed by atoms with E-state index in [2.05, 4.69) is 29.4 Å². The van der Waals surface area contributed by atoms with Crippen molar-refractivity contribution < 1.29 is 5.11 Å². The highest BCUT2D eigenvalue weighted by Gasteiger charge is 2.62. The molecule has 3 aliphatic carbocycles. The van der Waals surface area contributed by atoms with Gasteiger partial charge in [-0.3, -0.25) is 5.01 Å². The molecular formula is C15H18N2O. The molecule has 3 heteroatoms. The van der Waals surface area contributed by atoms with Crippen molar-refractivity contribution in [2.24, 2.45) is 16.4 Å². The number of aliphatic hydroxyl groups is 1. The van der Waals surface area contributed by atoms with E-state index < -0.39 is 6.23 Å². The quantitative estimate of drug-likeness (QED) is 0.884. The predicted octanol–water partition coefficient (Wildman–Crippen LogP) is 2.54. The first kappa shape index (κ1) is 10.6. The Balaban J connectivity index is 1.58. The van der Waals surface area contributed by atoms with Crippen LogP contribution in [0.15, 0.2) is 35.4 Å². The average Bonchev–Trinajstić information content (AvgIpc) is 2.74. The van der Waals surface area contributed by atoms with Crippen molar-refractivity contribution in [3.63, 3.8) is 0 Å². The first-order valence-corrected chi connectivity index (χ1v) is 6.82. The molecule has 0 radical (unpaired) electrons. The zero-order valence-corrected chi connectivity index (χ0v) is 10.4. The standard InChI is InChI=1S/C15H18N2O/c18-14(15-8-11(9-15)10-15)17-13(6-7-16-17)12-4-2-1-3-5-12/h1-5,7,11,13-14,18H,6,8-10H2. The Morgan fingerprint density at radius 3 is 2.56 bits per heavy atom. The van der Waals surface area contributed by atoms with E-state index >= 15 is 0 Å². The van der Waals surface area contributed by atoms with Gasteiger partial charge in [-0.05, 0) is 30.7 Å². The molecule has 0 saturated heterocycles. The van der Waals surface area contributed by atoms with Crippen molar-refractivity contribution in [1.82, 2.24) is 5.01 Å². The molecule has 1 aromatic carbocycles. The molecule has 3 nitrogen and oxygen atoms in total. The van der Waals surface area contributed by atoms with Crippen LogP contribution in [0.5, 0.6) is 0 Å². The number of hydrogen-bond acceptors (Lipinski definition) is 3. The van der Waals surface area contributed by atoms with Gasteiger partial charge in [-0.25, -0.2) is 0 Å². The first-order valence-electron chi connectivity index (χ1n) is 6.82. The second-order valence-electron chi connectivity index (χ2n) is 6.05. The summed E-state index contributed by atoms with van der Waals surface area (Å²) < 4.78 is 0. The number of nitrogens with zero attached hydrogens (tertiary/aromatic N) is 2. The highest BCUT2D eigenvalue weighted by Crippen LogP contribution is 2.67. The lowest BCUT2D eigenvalue weighted by atomic mass is 9.43. The Labute approximate surface area is 107 Å². The smallest absolute Gasteiger partial charge is 0.148 e. The van der Waals surface area contributed by atoms with Crippen LogP contribution in [0.1, 0.15) is 37.3 Å². The van der Waals surface area contributed by atoms with E-state index in [1.807, 2.05) is 17.3 Å². The largest absolute Gasteiger partial charge is 0.371 e. The van der Waals surface area contributed by atoms with E-state index in [1.54, 1.807) is 0 Å². The molecule has 1 aliphatic heterocycles. The third-order valence-electron chi connectivity index (χ3n) is 4.93. The van der Waals surface area contributed by atoms with Crippen LogP contribution in [-0.4, -0.2) is 22.6 Å². The second kappa shape index (κ2) is 3.58. The number of aliphatic hydroxyl groups excluding tert-OH is 1. The number of rotatable bonds is 3. The van der Waals surface area contributed by atoms with Gasteiger partial charge < -0.3 is 5.11 Å². The van der Waals surface area contributed by atoms with E-state index in [9.17, 15) is 5.11 Å². The highest BCUT2D eigenvalue weighted by molar-refractivity contribution is 5.60. The summed E-state index contributed by atoms with van der Waals surface area (Å²) in [4.78, 5) is 0. The minimum Gasteiger partial charge on any atom is -0.371 e.